The number of carbonyl (C=O) groups is 1. The number of alkyl halides is 3. The van der Waals surface area contributed by atoms with Gasteiger partial charge in [-0.2, -0.15) is 18.3 Å². The van der Waals surface area contributed by atoms with E-state index in [1.165, 1.54) is 16.9 Å². The van der Waals surface area contributed by atoms with Crippen molar-refractivity contribution < 1.29 is 23.1 Å². The Balaban J connectivity index is 2.25. The van der Waals surface area contributed by atoms with Gasteiger partial charge in [0.15, 0.2) is 5.82 Å². The summed E-state index contributed by atoms with van der Waals surface area (Å²) in [5.41, 5.74) is -0.154. The molecule has 130 valence electrons. The number of nitrogens with zero attached hydrogens (tertiary/aromatic N) is 3. The van der Waals surface area contributed by atoms with Gasteiger partial charge in [0.25, 0.3) is 5.91 Å². The smallest absolute Gasteiger partial charge is 0.394 e. The van der Waals surface area contributed by atoms with Crippen LogP contribution < -0.4 is 5.32 Å². The van der Waals surface area contributed by atoms with Gasteiger partial charge in [0, 0.05) is 6.20 Å². The van der Waals surface area contributed by atoms with E-state index in [4.69, 9.17) is 5.11 Å². The average Bonchev–Trinajstić information content (AvgIpc) is 2.93. The maximum atomic E-state index is 12.6. The maximum Gasteiger partial charge on any atom is 0.417 e. The van der Waals surface area contributed by atoms with Crippen LogP contribution in [0.25, 0.3) is 5.82 Å². The van der Waals surface area contributed by atoms with Gasteiger partial charge in [-0.3, -0.25) is 4.79 Å². The van der Waals surface area contributed by atoms with Gasteiger partial charge in [0.2, 0.25) is 0 Å². The van der Waals surface area contributed by atoms with E-state index in [0.717, 1.165) is 12.3 Å². The molecule has 0 aromatic carbocycles. The molecular weight excluding hydrogens is 325 g/mol. The molecule has 2 aromatic heterocycles. The van der Waals surface area contributed by atoms with Gasteiger partial charge >= 0.3 is 6.18 Å². The highest BCUT2D eigenvalue weighted by molar-refractivity contribution is 5.95. The second kappa shape index (κ2) is 7.00. The molecule has 0 aliphatic heterocycles. The summed E-state index contributed by atoms with van der Waals surface area (Å²) in [5, 5.41) is 15.8. The average molecular weight is 342 g/mol. The summed E-state index contributed by atoms with van der Waals surface area (Å²) >= 11 is 0. The molecule has 0 saturated carbocycles. The fraction of sp³-hybridized carbons (Fsp3) is 0.400. The zero-order valence-corrected chi connectivity index (χ0v) is 13.1. The van der Waals surface area contributed by atoms with Crippen molar-refractivity contribution in [2.75, 3.05) is 6.61 Å². The summed E-state index contributed by atoms with van der Waals surface area (Å²) in [6, 6.07) is 1.72. The lowest BCUT2D eigenvalue weighted by Crippen LogP contribution is -2.37. The van der Waals surface area contributed by atoms with Crippen molar-refractivity contribution in [3.8, 4) is 5.82 Å². The van der Waals surface area contributed by atoms with Crippen LogP contribution in [0.3, 0.4) is 0 Å². The van der Waals surface area contributed by atoms with Gasteiger partial charge in [-0.05, 0) is 25.5 Å². The van der Waals surface area contributed by atoms with E-state index in [2.05, 4.69) is 15.4 Å². The molecule has 2 aromatic rings. The minimum Gasteiger partial charge on any atom is -0.394 e. The largest absolute Gasteiger partial charge is 0.417 e. The Morgan fingerprint density at radius 3 is 2.58 bits per heavy atom. The van der Waals surface area contributed by atoms with E-state index >= 15 is 0 Å². The predicted octanol–water partition coefficient (Wildman–Crippen LogP) is 2.10. The third kappa shape index (κ3) is 3.73. The molecule has 1 unspecified atom stereocenters. The summed E-state index contributed by atoms with van der Waals surface area (Å²) in [6.07, 6.45) is -1.87. The molecule has 1 atom stereocenters. The Morgan fingerprint density at radius 1 is 1.38 bits per heavy atom. The molecule has 6 nitrogen and oxygen atoms in total. The molecule has 1 amide bonds. The molecule has 0 radical (unpaired) electrons. The van der Waals surface area contributed by atoms with Gasteiger partial charge in [-0.25, -0.2) is 9.67 Å². The Kier molecular flexibility index (Phi) is 5.23. The summed E-state index contributed by atoms with van der Waals surface area (Å²) in [4.78, 5) is 15.9. The van der Waals surface area contributed by atoms with Crippen LogP contribution >= 0.6 is 0 Å². The lowest BCUT2D eigenvalue weighted by atomic mass is 10.2. The van der Waals surface area contributed by atoms with Crippen LogP contribution in [0.5, 0.6) is 0 Å². The quantitative estimate of drug-likeness (QED) is 0.872. The summed E-state index contributed by atoms with van der Waals surface area (Å²) in [6.45, 7) is 3.25. The normalized spacial score (nSPS) is 12.9. The van der Waals surface area contributed by atoms with Gasteiger partial charge < -0.3 is 10.4 Å². The van der Waals surface area contributed by atoms with Crippen molar-refractivity contribution in [3.63, 3.8) is 0 Å². The number of carbonyl (C=O) groups excluding carboxylic acids is 1. The fourth-order valence-electron chi connectivity index (χ4n) is 2.08. The number of hydrogen-bond acceptors (Lipinski definition) is 4. The van der Waals surface area contributed by atoms with E-state index < -0.39 is 17.6 Å². The van der Waals surface area contributed by atoms with Crippen molar-refractivity contribution in [3.05, 3.63) is 41.3 Å². The first kappa shape index (κ1) is 17.9. The van der Waals surface area contributed by atoms with Crippen LogP contribution in [0.4, 0.5) is 13.2 Å². The van der Waals surface area contributed by atoms with Gasteiger partial charge in [0.1, 0.15) is 0 Å². The Bertz CT molecular complexity index is 706. The predicted molar refractivity (Wildman–Crippen MR) is 79.7 cm³/mol. The molecule has 0 saturated heterocycles. The molecule has 2 rings (SSSR count). The molecular formula is C15H17F3N4O2. The Labute approximate surface area is 136 Å². The zero-order chi connectivity index (χ0) is 17.9. The first-order chi connectivity index (χ1) is 11.3. The van der Waals surface area contributed by atoms with Crippen LogP contribution in [0.15, 0.2) is 24.5 Å². The minimum absolute atomic E-state index is 0.175. The SMILES string of the molecule is CCC(CO)NC(=O)c1cnn(-c2ccc(C(F)(F)F)cn2)c1C. The van der Waals surface area contributed by atoms with Crippen LogP contribution in [0.2, 0.25) is 0 Å². The number of halogens is 3. The van der Waals surface area contributed by atoms with Gasteiger partial charge in [-0.15, -0.1) is 0 Å². The van der Waals surface area contributed by atoms with Crippen molar-refractivity contribution in [1.29, 1.82) is 0 Å². The van der Waals surface area contributed by atoms with Gasteiger partial charge in [0.05, 0.1) is 35.7 Å². The monoisotopic (exact) mass is 342 g/mol. The second-order valence-electron chi connectivity index (χ2n) is 5.22. The van der Waals surface area contributed by atoms with Crippen LogP contribution in [-0.4, -0.2) is 38.4 Å². The number of amides is 1. The first-order valence-electron chi connectivity index (χ1n) is 7.27. The number of nitrogens with one attached hydrogen (secondary N) is 1. The van der Waals surface area contributed by atoms with Crippen molar-refractivity contribution in [1.82, 2.24) is 20.1 Å². The van der Waals surface area contributed by atoms with Crippen LogP contribution in [0, 0.1) is 6.92 Å². The van der Waals surface area contributed by atoms with Gasteiger partial charge in [-0.1, -0.05) is 6.92 Å². The summed E-state index contributed by atoms with van der Waals surface area (Å²) in [5.74, 6) is -0.236. The van der Waals surface area contributed by atoms with E-state index in [0.29, 0.717) is 12.1 Å². The maximum absolute atomic E-state index is 12.6. The molecule has 0 fully saturated rings. The third-order valence-electron chi connectivity index (χ3n) is 3.60. The number of aliphatic hydroxyl groups is 1. The molecule has 9 heteroatoms. The number of hydrogen-bond donors (Lipinski definition) is 2. The molecule has 0 bridgehead atoms. The topological polar surface area (TPSA) is 80.0 Å². The molecule has 24 heavy (non-hydrogen) atoms. The van der Waals surface area contributed by atoms with E-state index in [1.54, 1.807) is 6.92 Å². The highest BCUT2D eigenvalue weighted by Gasteiger charge is 2.30. The summed E-state index contributed by atoms with van der Waals surface area (Å²) < 4.78 is 39.0. The lowest BCUT2D eigenvalue weighted by Gasteiger charge is -2.13. The highest BCUT2D eigenvalue weighted by atomic mass is 19.4. The number of rotatable bonds is 5. The minimum atomic E-state index is -4.46. The highest BCUT2D eigenvalue weighted by Crippen LogP contribution is 2.28. The molecule has 2 N–H and O–H groups in total. The van der Waals surface area contributed by atoms with Crippen molar-refractivity contribution in [2.24, 2.45) is 0 Å². The molecule has 0 spiro atoms. The summed E-state index contributed by atoms with van der Waals surface area (Å²) in [7, 11) is 0. The van der Waals surface area contributed by atoms with E-state index in [-0.39, 0.29) is 24.0 Å². The molecule has 0 aliphatic rings. The Morgan fingerprint density at radius 2 is 2.08 bits per heavy atom. The van der Waals surface area contributed by atoms with Crippen molar-refractivity contribution >= 4 is 5.91 Å². The van der Waals surface area contributed by atoms with Crippen molar-refractivity contribution in [2.45, 2.75) is 32.5 Å². The number of aromatic nitrogens is 3. The zero-order valence-electron chi connectivity index (χ0n) is 13.1. The number of pyridine rings is 1. The number of aliphatic hydroxyl groups excluding tert-OH is 1. The second-order valence-corrected chi connectivity index (χ2v) is 5.22. The van der Waals surface area contributed by atoms with Crippen LogP contribution in [-0.2, 0) is 6.18 Å². The first-order valence-corrected chi connectivity index (χ1v) is 7.27. The Hall–Kier alpha value is -2.42. The van der Waals surface area contributed by atoms with E-state index in [1.807, 2.05) is 6.92 Å². The fourth-order valence-corrected chi connectivity index (χ4v) is 2.08. The third-order valence-corrected chi connectivity index (χ3v) is 3.60. The lowest BCUT2D eigenvalue weighted by molar-refractivity contribution is -0.137. The molecule has 2 heterocycles. The van der Waals surface area contributed by atoms with Crippen LogP contribution in [0.1, 0.15) is 35.0 Å². The molecule has 0 aliphatic carbocycles. The standard InChI is InChI=1S/C15H17F3N4O2/c1-3-11(8-23)21-14(24)12-7-20-22(9(12)2)13-5-4-10(6-19-13)15(16,17)18/h4-7,11,23H,3,8H2,1-2H3,(H,21,24). The van der Waals surface area contributed by atoms with E-state index in [9.17, 15) is 18.0 Å².